The zero-order valence-electron chi connectivity index (χ0n) is 12.9. The van der Waals surface area contributed by atoms with E-state index in [1.807, 2.05) is 30.3 Å². The van der Waals surface area contributed by atoms with E-state index in [9.17, 15) is 0 Å². The monoisotopic (exact) mass is 307 g/mol. The Bertz CT molecular complexity index is 457. The number of hydrogen-bond donors (Lipinski definition) is 0. The molecule has 0 aliphatic heterocycles. The SMILES string of the molecule is CN(C1CCC(C(=S)Oc2ccccc2)C1)[Si](C)(C)C. The van der Waals surface area contributed by atoms with E-state index in [1.165, 1.54) is 6.42 Å². The van der Waals surface area contributed by atoms with Crippen LogP contribution in [-0.2, 0) is 0 Å². The molecule has 1 aromatic rings. The minimum atomic E-state index is -1.21. The van der Waals surface area contributed by atoms with Crippen molar-refractivity contribution in [1.82, 2.24) is 4.57 Å². The van der Waals surface area contributed by atoms with E-state index in [1.54, 1.807) is 0 Å². The van der Waals surface area contributed by atoms with Gasteiger partial charge in [0.05, 0.1) is 0 Å². The first-order chi connectivity index (χ1) is 9.38. The zero-order valence-corrected chi connectivity index (χ0v) is 14.7. The summed E-state index contributed by atoms with van der Waals surface area (Å²) in [6.07, 6.45) is 3.54. The lowest BCUT2D eigenvalue weighted by molar-refractivity contribution is 0.368. The highest BCUT2D eigenvalue weighted by Gasteiger charge is 2.35. The molecular weight excluding hydrogens is 282 g/mol. The summed E-state index contributed by atoms with van der Waals surface area (Å²) in [6, 6.07) is 10.6. The molecule has 0 N–H and O–H groups in total. The quantitative estimate of drug-likeness (QED) is 0.607. The number of ether oxygens (including phenoxy) is 1. The number of hydrogen-bond acceptors (Lipinski definition) is 3. The number of nitrogens with zero attached hydrogens (tertiary/aromatic N) is 1. The van der Waals surface area contributed by atoms with Gasteiger partial charge >= 0.3 is 0 Å². The molecule has 1 saturated carbocycles. The second-order valence-corrected chi connectivity index (χ2v) is 12.1. The number of thiocarbonyl (C=S) groups is 1. The van der Waals surface area contributed by atoms with Crippen LogP contribution in [-0.4, -0.2) is 30.9 Å². The van der Waals surface area contributed by atoms with Gasteiger partial charge in [-0.1, -0.05) is 37.8 Å². The predicted molar refractivity (Wildman–Crippen MR) is 91.9 cm³/mol. The molecule has 1 aromatic carbocycles. The molecule has 0 aromatic heterocycles. The highest BCUT2D eigenvalue weighted by Crippen LogP contribution is 2.32. The van der Waals surface area contributed by atoms with Gasteiger partial charge in [-0.25, -0.2) is 0 Å². The van der Waals surface area contributed by atoms with E-state index in [2.05, 4.69) is 31.3 Å². The summed E-state index contributed by atoms with van der Waals surface area (Å²) in [7, 11) is 1.06. The summed E-state index contributed by atoms with van der Waals surface area (Å²) in [4.78, 5) is 0. The van der Waals surface area contributed by atoms with Gasteiger partial charge in [0.1, 0.15) is 14.0 Å². The second kappa shape index (κ2) is 6.37. The Balaban J connectivity index is 1.91. The summed E-state index contributed by atoms with van der Waals surface area (Å²) in [6.45, 7) is 7.21. The van der Waals surface area contributed by atoms with Gasteiger partial charge in [0.2, 0.25) is 0 Å². The minimum Gasteiger partial charge on any atom is -0.450 e. The highest BCUT2D eigenvalue weighted by molar-refractivity contribution is 7.80. The van der Waals surface area contributed by atoms with Crippen LogP contribution in [0.3, 0.4) is 0 Å². The van der Waals surface area contributed by atoms with Gasteiger partial charge in [0.15, 0.2) is 5.05 Å². The lowest BCUT2D eigenvalue weighted by atomic mass is 10.1. The lowest BCUT2D eigenvalue weighted by Gasteiger charge is -2.35. The first-order valence-electron chi connectivity index (χ1n) is 7.37. The molecule has 1 aliphatic rings. The molecule has 0 bridgehead atoms. The highest BCUT2D eigenvalue weighted by atomic mass is 32.1. The molecule has 4 heteroatoms. The Kier molecular flexibility index (Phi) is 4.99. The average Bonchev–Trinajstić information content (AvgIpc) is 2.87. The van der Waals surface area contributed by atoms with Crippen LogP contribution in [0.15, 0.2) is 30.3 Å². The Hall–Kier alpha value is -0.713. The fraction of sp³-hybridized carbons (Fsp3) is 0.562. The van der Waals surface area contributed by atoms with Crippen molar-refractivity contribution in [2.75, 3.05) is 7.05 Å². The largest absolute Gasteiger partial charge is 0.450 e. The van der Waals surface area contributed by atoms with Gasteiger partial charge in [0.25, 0.3) is 0 Å². The van der Waals surface area contributed by atoms with E-state index in [0.717, 1.165) is 23.6 Å². The Morgan fingerprint density at radius 3 is 2.45 bits per heavy atom. The maximum absolute atomic E-state index is 5.84. The summed E-state index contributed by atoms with van der Waals surface area (Å²) in [5.74, 6) is 1.29. The molecule has 0 spiro atoms. The molecule has 1 aliphatic carbocycles. The molecule has 1 fully saturated rings. The van der Waals surface area contributed by atoms with Crippen LogP contribution in [0.5, 0.6) is 5.75 Å². The molecule has 110 valence electrons. The van der Waals surface area contributed by atoms with Gasteiger partial charge in [-0.05, 0) is 50.7 Å². The molecule has 0 amide bonds. The van der Waals surface area contributed by atoms with Crippen molar-refractivity contribution in [3.8, 4) is 5.75 Å². The van der Waals surface area contributed by atoms with E-state index in [4.69, 9.17) is 17.0 Å². The van der Waals surface area contributed by atoms with Crippen molar-refractivity contribution in [1.29, 1.82) is 0 Å². The maximum atomic E-state index is 5.84. The molecule has 0 heterocycles. The molecule has 0 saturated heterocycles. The Labute approximate surface area is 129 Å². The van der Waals surface area contributed by atoms with Crippen molar-refractivity contribution in [2.24, 2.45) is 5.92 Å². The van der Waals surface area contributed by atoms with E-state index < -0.39 is 8.24 Å². The van der Waals surface area contributed by atoms with Crippen LogP contribution < -0.4 is 4.74 Å². The van der Waals surface area contributed by atoms with Crippen molar-refractivity contribution in [2.45, 2.75) is 44.9 Å². The summed E-state index contributed by atoms with van der Waals surface area (Å²) < 4.78 is 8.45. The van der Waals surface area contributed by atoms with Crippen LogP contribution >= 0.6 is 12.2 Å². The first-order valence-corrected chi connectivity index (χ1v) is 11.2. The van der Waals surface area contributed by atoms with Gasteiger partial charge in [-0.2, -0.15) is 0 Å². The molecule has 2 atom stereocenters. The third kappa shape index (κ3) is 3.90. The molecule has 2 unspecified atom stereocenters. The Morgan fingerprint density at radius 2 is 1.85 bits per heavy atom. The van der Waals surface area contributed by atoms with Crippen LogP contribution in [0.2, 0.25) is 19.6 Å². The summed E-state index contributed by atoms with van der Waals surface area (Å²) >= 11 is 5.50. The number of rotatable bonds is 4. The lowest BCUT2D eigenvalue weighted by Crippen LogP contribution is -2.48. The molecule has 2 rings (SSSR count). The van der Waals surface area contributed by atoms with E-state index in [-0.39, 0.29) is 0 Å². The van der Waals surface area contributed by atoms with Gasteiger partial charge in [-0.3, -0.25) is 0 Å². The number of para-hydroxylation sites is 1. The summed E-state index contributed by atoms with van der Waals surface area (Å²) in [5.41, 5.74) is 0. The topological polar surface area (TPSA) is 12.5 Å². The molecular formula is C16H25NOSSi. The van der Waals surface area contributed by atoms with E-state index in [0.29, 0.717) is 12.0 Å². The third-order valence-corrected chi connectivity index (χ3v) is 7.20. The van der Waals surface area contributed by atoms with Crippen molar-refractivity contribution in [3.63, 3.8) is 0 Å². The third-order valence-electron chi connectivity index (χ3n) is 4.31. The smallest absolute Gasteiger partial charge is 0.170 e. The van der Waals surface area contributed by atoms with Gasteiger partial charge in [-0.15, -0.1) is 0 Å². The van der Waals surface area contributed by atoms with Crippen LogP contribution in [0.25, 0.3) is 0 Å². The van der Waals surface area contributed by atoms with Crippen molar-refractivity contribution in [3.05, 3.63) is 30.3 Å². The van der Waals surface area contributed by atoms with Crippen molar-refractivity contribution < 1.29 is 4.74 Å². The molecule has 0 radical (unpaired) electrons. The summed E-state index contributed by atoms with van der Waals surface area (Å²) in [5, 5.41) is 0.766. The molecule has 2 nitrogen and oxygen atoms in total. The number of benzene rings is 1. The van der Waals surface area contributed by atoms with Crippen molar-refractivity contribution >= 4 is 25.5 Å². The van der Waals surface area contributed by atoms with Gasteiger partial charge in [0, 0.05) is 12.0 Å². The standard InChI is InChI=1S/C16H25NOSSi/c1-17(20(2,3)4)14-11-10-13(12-14)16(19)18-15-8-6-5-7-9-15/h5-9,13-14H,10-12H2,1-4H3. The Morgan fingerprint density at radius 1 is 1.20 bits per heavy atom. The maximum Gasteiger partial charge on any atom is 0.170 e. The van der Waals surface area contributed by atoms with Crippen LogP contribution in [0.1, 0.15) is 19.3 Å². The second-order valence-electron chi connectivity index (χ2n) is 6.68. The van der Waals surface area contributed by atoms with Crippen LogP contribution in [0.4, 0.5) is 0 Å². The fourth-order valence-electron chi connectivity index (χ4n) is 2.76. The van der Waals surface area contributed by atoms with Gasteiger partial charge < -0.3 is 9.30 Å². The normalized spacial score (nSPS) is 23.1. The van der Waals surface area contributed by atoms with Crippen LogP contribution in [0, 0.1) is 5.92 Å². The first kappa shape index (κ1) is 15.7. The average molecular weight is 308 g/mol. The minimum absolute atomic E-state index is 0.425. The zero-order chi connectivity index (χ0) is 14.8. The fourth-order valence-corrected chi connectivity index (χ4v) is 4.40. The predicted octanol–water partition coefficient (Wildman–Crippen LogP) is 4.33. The molecule has 20 heavy (non-hydrogen) atoms. The van der Waals surface area contributed by atoms with E-state index >= 15 is 0 Å².